The molecule has 9 nitrogen and oxygen atoms in total. The first-order chi connectivity index (χ1) is 22.9. The van der Waals surface area contributed by atoms with Crippen LogP contribution in [0.3, 0.4) is 0 Å². The van der Waals surface area contributed by atoms with E-state index in [9.17, 15) is 10.1 Å². The van der Waals surface area contributed by atoms with E-state index >= 15 is 0 Å². The number of benzene rings is 2. The van der Waals surface area contributed by atoms with Gasteiger partial charge in [0.15, 0.2) is 0 Å². The van der Waals surface area contributed by atoms with Crippen LogP contribution in [-0.2, 0) is 22.9 Å². The molecule has 2 heterocycles. The molecule has 0 amide bonds. The predicted molar refractivity (Wildman–Crippen MR) is 237 cm³/mol. The Hall–Kier alpha value is 0.260. The molecule has 4 rings (SSSR count). The molecule has 280 valence electrons. The third-order valence-corrected chi connectivity index (χ3v) is 16.0. The summed E-state index contributed by atoms with van der Waals surface area (Å²) in [6, 6.07) is 15.6. The van der Waals surface area contributed by atoms with Crippen LogP contribution in [0.5, 0.6) is 0 Å². The van der Waals surface area contributed by atoms with Gasteiger partial charge in [-0.25, -0.2) is 4.68 Å². The Balaban J connectivity index is 0.000000421. The van der Waals surface area contributed by atoms with Crippen molar-refractivity contribution in [2.24, 2.45) is 0 Å². The van der Waals surface area contributed by atoms with Crippen molar-refractivity contribution in [1.29, 1.82) is 0 Å². The third kappa shape index (κ3) is 19.5. The van der Waals surface area contributed by atoms with Crippen LogP contribution in [0.4, 0.5) is 5.69 Å². The zero-order chi connectivity index (χ0) is 38.4. The second-order valence-corrected chi connectivity index (χ2v) is 60.6. The van der Waals surface area contributed by atoms with Crippen molar-refractivity contribution in [1.82, 2.24) is 19.6 Å². The first-order valence-electron chi connectivity index (χ1n) is 17.4. The summed E-state index contributed by atoms with van der Waals surface area (Å²) in [5.74, 6) is 0. The van der Waals surface area contributed by atoms with Crippen LogP contribution in [0.25, 0.3) is 21.8 Å². The molecule has 0 fully saturated rings. The molecule has 0 N–H and O–H groups in total. The van der Waals surface area contributed by atoms with Crippen molar-refractivity contribution in [2.45, 2.75) is 109 Å². The van der Waals surface area contributed by atoms with Crippen LogP contribution in [-0.4, -0.2) is 112 Å². The van der Waals surface area contributed by atoms with E-state index in [4.69, 9.17) is 14.6 Å². The van der Waals surface area contributed by atoms with E-state index in [-0.39, 0.29) is 10.6 Å². The summed E-state index contributed by atoms with van der Waals surface area (Å²) < 4.78 is 17.5. The molecule has 0 aliphatic carbocycles. The predicted octanol–water partition coefficient (Wildman–Crippen LogP) is 10.5. The van der Waals surface area contributed by atoms with Crippen LogP contribution in [0.1, 0.15) is 0 Å². The van der Waals surface area contributed by atoms with Crippen molar-refractivity contribution in [3.05, 3.63) is 56.3 Å². The van der Waals surface area contributed by atoms with E-state index in [0.29, 0.717) is 20.1 Å². The first kappa shape index (κ1) is 48.3. The molecular weight excluding hydrogens is 1090 g/mol. The van der Waals surface area contributed by atoms with Crippen LogP contribution >= 0.6 is 22.6 Å². The van der Waals surface area contributed by atoms with Gasteiger partial charge >= 0.3 is 218 Å². The fraction of sp³-hybridized carbons (Fsp3) is 0.600. The number of aromatic nitrogens is 4. The van der Waals surface area contributed by atoms with Gasteiger partial charge in [0.25, 0.3) is 0 Å². The van der Waals surface area contributed by atoms with E-state index in [1.807, 2.05) is 22.9 Å². The molecule has 0 aliphatic rings. The monoisotopic (exact) mass is 1160 g/mol. The van der Waals surface area contributed by atoms with Gasteiger partial charge in [0.2, 0.25) is 0 Å². The fourth-order valence-corrected chi connectivity index (χ4v) is 10.5. The number of nitro groups is 1. The van der Waals surface area contributed by atoms with E-state index in [0.717, 1.165) is 36.5 Å². The fourth-order valence-electron chi connectivity index (χ4n) is 4.17. The molecule has 0 aliphatic heterocycles. The molecule has 0 unspecified atom stereocenters. The van der Waals surface area contributed by atoms with Crippen LogP contribution < -0.4 is 3.71 Å². The van der Waals surface area contributed by atoms with Gasteiger partial charge in [0.1, 0.15) is 10.4 Å². The van der Waals surface area contributed by atoms with E-state index in [1.165, 1.54) is 11.4 Å². The molecule has 15 heteroatoms. The van der Waals surface area contributed by atoms with Crippen molar-refractivity contribution >= 4 is 128 Å². The summed E-state index contributed by atoms with van der Waals surface area (Å²) >= 11 is -1.24. The van der Waals surface area contributed by atoms with E-state index in [1.54, 1.807) is 16.8 Å². The number of hydrogen-bond donors (Lipinski definition) is 0. The molecule has 0 saturated heterocycles. The number of halogens is 1. The zero-order valence-electron chi connectivity index (χ0n) is 33.5. The minimum absolute atomic E-state index is 0.0985. The maximum absolute atomic E-state index is 11.1. The number of para-hydroxylation sites is 1. The Labute approximate surface area is 336 Å². The molecule has 0 atom stereocenters. The summed E-state index contributed by atoms with van der Waals surface area (Å²) in [5, 5.41) is 22.6. The summed E-state index contributed by atoms with van der Waals surface area (Å²) in [6.07, 6.45) is 0. The van der Waals surface area contributed by atoms with Crippen LogP contribution in [0.2, 0.25) is 95.8 Å². The van der Waals surface area contributed by atoms with Crippen LogP contribution in [0, 0.1) is 13.8 Å². The quantitative estimate of drug-likeness (QED) is 0.0461. The molecule has 0 saturated carbocycles. The van der Waals surface area contributed by atoms with Gasteiger partial charge < -0.3 is 4.74 Å². The summed E-state index contributed by atoms with van der Waals surface area (Å²) in [5.41, 5.74) is 2.05. The molecule has 0 spiro atoms. The molecule has 2 aromatic carbocycles. The Morgan fingerprint density at radius 2 is 1.22 bits per heavy atom. The number of nitrogens with zero attached hydrogens (tertiary/aromatic N) is 5. The van der Waals surface area contributed by atoms with Gasteiger partial charge in [-0.15, -0.1) is 0 Å². The normalized spacial score (nSPS) is 12.0. The van der Waals surface area contributed by atoms with Crippen molar-refractivity contribution < 1.29 is 14.4 Å². The van der Waals surface area contributed by atoms with Gasteiger partial charge in [-0.1, -0.05) is 37.8 Å². The molecule has 2 aromatic heterocycles. The average molecular weight is 1160 g/mol. The molecular formula is C35H64IN5O4Si2Sn3. The number of non-ortho nitro benzene ring substituents is 1. The number of ether oxygens (including phenoxy) is 2. The van der Waals surface area contributed by atoms with Gasteiger partial charge in [-0.05, 0) is 34.7 Å². The van der Waals surface area contributed by atoms with Crippen molar-refractivity contribution in [3.8, 4) is 0 Å². The third-order valence-electron chi connectivity index (χ3n) is 6.69. The summed E-state index contributed by atoms with van der Waals surface area (Å²) in [4.78, 5) is 31.8. The Morgan fingerprint density at radius 1 is 0.760 bits per heavy atom. The van der Waals surface area contributed by atoms with Gasteiger partial charge in [-0.3, -0.25) is 0 Å². The Morgan fingerprint density at radius 3 is 1.66 bits per heavy atom. The maximum atomic E-state index is 11.1. The topological polar surface area (TPSA) is 97.2 Å². The summed E-state index contributed by atoms with van der Waals surface area (Å²) in [7, 11) is -2.13. The molecule has 2 radical (unpaired) electrons. The number of rotatable bonds is 12. The van der Waals surface area contributed by atoms with E-state index in [2.05, 4.69) is 124 Å². The Kier molecular flexibility index (Phi) is 21.8. The number of fused-ring (bicyclic) bond motifs is 2. The van der Waals surface area contributed by atoms with Gasteiger partial charge in [0, 0.05) is 20.1 Å². The molecule has 0 bridgehead atoms. The summed E-state index contributed by atoms with van der Waals surface area (Å²) in [6.45, 7) is 16.5. The van der Waals surface area contributed by atoms with Crippen molar-refractivity contribution in [3.63, 3.8) is 0 Å². The number of hydrogen-bond acceptors (Lipinski definition) is 6. The second kappa shape index (κ2) is 22.6. The number of nitro benzene ring substituents is 1. The Bertz CT molecular complexity index is 1600. The molecule has 4 aromatic rings. The van der Waals surface area contributed by atoms with Gasteiger partial charge in [0.05, 0.1) is 5.52 Å². The van der Waals surface area contributed by atoms with Gasteiger partial charge in [-0.2, -0.15) is 5.10 Å². The molecule has 50 heavy (non-hydrogen) atoms. The standard InChI is InChI=1S/C13H19IN2OSi.C13H18N3O3Si.9CH3.3Sn/c1-18(2,3)9-8-17-10-16-12-7-5-4-6-11(12)13(14)15-16;1-20(2,3)7-6-19-10-15-13-8-12(16(17)18)5-4-11(13)9-14-15;;;;;;;;;;;;/h4-7H,8-10H2,1-3H3;4-5,8H,6-7,10H2,1-3H3;9*1H3;;;. The van der Waals surface area contributed by atoms with Crippen LogP contribution in [0.15, 0.2) is 42.5 Å². The first-order valence-corrected chi connectivity index (χ1v) is 53.0. The minimum atomic E-state index is -2.42. The average Bonchev–Trinajstić information content (AvgIpc) is 3.49. The van der Waals surface area contributed by atoms with E-state index < -0.39 is 74.0 Å². The zero-order valence-corrected chi connectivity index (χ0v) is 46.3. The second-order valence-electron chi connectivity index (χ2n) is 17.1. The van der Waals surface area contributed by atoms with Crippen molar-refractivity contribution in [2.75, 3.05) is 13.2 Å². The SMILES string of the molecule is C[Si](C)(C)CCOCn1n[c]([Sn]([CH3])([CH3])[CH3])c2ccc([N+](=O)[O-])cc21.C[Si](C)(C)CCOCn1nc(I)c2ccccc21.[CH3][Sn]([CH3])[CH3].[CH3][Sn]([CH3])[CH3].